The molecular weight excluding hydrogens is 260 g/mol. The zero-order valence-electron chi connectivity index (χ0n) is 12.8. The normalized spacial score (nSPS) is 12.9. The first-order valence-corrected chi connectivity index (χ1v) is 6.87. The summed E-state index contributed by atoms with van der Waals surface area (Å²) in [5.41, 5.74) is 1.24. The molecule has 0 amide bonds. The van der Waals surface area contributed by atoms with Crippen molar-refractivity contribution in [3.05, 3.63) is 21.5 Å². The summed E-state index contributed by atoms with van der Waals surface area (Å²) in [7, 11) is 1.63. The van der Waals surface area contributed by atoms with E-state index in [1.54, 1.807) is 18.7 Å². The Morgan fingerprint density at radius 2 is 2.15 bits per heavy atom. The van der Waals surface area contributed by atoms with Gasteiger partial charge in [0.05, 0.1) is 11.5 Å². The summed E-state index contributed by atoms with van der Waals surface area (Å²) in [5.74, 6) is 0. The summed E-state index contributed by atoms with van der Waals surface area (Å²) in [6, 6.07) is 0.125. The maximum Gasteiger partial charge on any atom is 0.313 e. The van der Waals surface area contributed by atoms with Crippen LogP contribution < -0.4 is 5.32 Å². The summed E-state index contributed by atoms with van der Waals surface area (Å²) >= 11 is 0. The van der Waals surface area contributed by atoms with E-state index >= 15 is 0 Å². The lowest BCUT2D eigenvalue weighted by Crippen LogP contribution is -2.36. The van der Waals surface area contributed by atoms with Crippen LogP contribution in [0, 0.1) is 17.0 Å². The molecule has 7 nitrogen and oxygen atoms in total. The van der Waals surface area contributed by atoms with E-state index in [2.05, 4.69) is 10.4 Å². The number of hydrogen-bond donors (Lipinski definition) is 1. The van der Waals surface area contributed by atoms with E-state index in [0.29, 0.717) is 24.4 Å². The predicted molar refractivity (Wildman–Crippen MR) is 77.0 cm³/mol. The minimum Gasteiger partial charge on any atom is -0.383 e. The molecule has 0 aliphatic rings. The third kappa shape index (κ3) is 3.77. The Morgan fingerprint density at radius 3 is 2.60 bits per heavy atom. The first kappa shape index (κ1) is 16.6. The van der Waals surface area contributed by atoms with E-state index in [0.717, 1.165) is 6.54 Å². The number of ether oxygens (including phenoxy) is 1. The Morgan fingerprint density at radius 1 is 1.50 bits per heavy atom. The van der Waals surface area contributed by atoms with Crippen molar-refractivity contribution in [3.63, 3.8) is 0 Å². The molecule has 20 heavy (non-hydrogen) atoms. The fourth-order valence-corrected chi connectivity index (χ4v) is 2.35. The zero-order chi connectivity index (χ0) is 15.3. The molecule has 0 aromatic carbocycles. The van der Waals surface area contributed by atoms with Crippen molar-refractivity contribution >= 4 is 5.69 Å². The molecule has 1 aromatic rings. The van der Waals surface area contributed by atoms with Crippen LogP contribution in [0.1, 0.15) is 38.2 Å². The number of nitrogens with one attached hydrogen (secondary N) is 1. The first-order chi connectivity index (χ1) is 9.42. The number of methoxy groups -OCH3 is 1. The maximum absolute atomic E-state index is 11.3. The SMILES string of the molecule is CCNC(COC)Cc1c([N+](=O)[O-])c(C)nn1C(C)C. The highest BCUT2D eigenvalue weighted by Gasteiger charge is 2.28. The van der Waals surface area contributed by atoms with Crippen molar-refractivity contribution in [1.82, 2.24) is 15.1 Å². The van der Waals surface area contributed by atoms with Crippen LogP contribution in [0.3, 0.4) is 0 Å². The molecule has 114 valence electrons. The zero-order valence-corrected chi connectivity index (χ0v) is 12.8. The quantitative estimate of drug-likeness (QED) is 0.582. The molecule has 0 saturated carbocycles. The molecule has 7 heteroatoms. The van der Waals surface area contributed by atoms with Crippen molar-refractivity contribution in [2.45, 2.75) is 46.2 Å². The van der Waals surface area contributed by atoms with Gasteiger partial charge in [-0.25, -0.2) is 0 Å². The van der Waals surface area contributed by atoms with Gasteiger partial charge < -0.3 is 10.1 Å². The summed E-state index contributed by atoms with van der Waals surface area (Å²) in [6.07, 6.45) is 0.525. The van der Waals surface area contributed by atoms with Crippen molar-refractivity contribution in [2.75, 3.05) is 20.3 Å². The van der Waals surface area contributed by atoms with E-state index in [1.165, 1.54) is 0 Å². The molecule has 1 unspecified atom stereocenters. The molecular formula is C13H24N4O3. The Labute approximate surface area is 119 Å². The van der Waals surface area contributed by atoms with E-state index in [1.807, 2.05) is 20.8 Å². The van der Waals surface area contributed by atoms with Crippen molar-refractivity contribution in [1.29, 1.82) is 0 Å². The highest BCUT2D eigenvalue weighted by atomic mass is 16.6. The minimum absolute atomic E-state index is 0.0392. The Kier molecular flexibility index (Phi) is 6.09. The van der Waals surface area contributed by atoms with Crippen molar-refractivity contribution in [3.8, 4) is 0 Å². The molecule has 1 heterocycles. The maximum atomic E-state index is 11.3. The van der Waals surface area contributed by atoms with Gasteiger partial charge in [0.2, 0.25) is 0 Å². The lowest BCUT2D eigenvalue weighted by Gasteiger charge is -2.18. The number of nitro groups is 1. The molecule has 1 N–H and O–H groups in total. The number of hydrogen-bond acceptors (Lipinski definition) is 5. The van der Waals surface area contributed by atoms with Crippen LogP contribution in [0.4, 0.5) is 5.69 Å². The van der Waals surface area contributed by atoms with Crippen LogP contribution in [0.25, 0.3) is 0 Å². The van der Waals surface area contributed by atoms with Crippen LogP contribution >= 0.6 is 0 Å². The minimum atomic E-state index is -0.341. The third-order valence-electron chi connectivity index (χ3n) is 3.12. The molecule has 0 bridgehead atoms. The van der Waals surface area contributed by atoms with E-state index < -0.39 is 0 Å². The Balaban J connectivity index is 3.15. The monoisotopic (exact) mass is 284 g/mol. The fourth-order valence-electron chi connectivity index (χ4n) is 2.35. The largest absolute Gasteiger partial charge is 0.383 e. The highest BCUT2D eigenvalue weighted by molar-refractivity contribution is 5.41. The molecule has 0 radical (unpaired) electrons. The van der Waals surface area contributed by atoms with Gasteiger partial charge in [0.1, 0.15) is 11.4 Å². The van der Waals surface area contributed by atoms with Gasteiger partial charge in [-0.1, -0.05) is 6.92 Å². The Hall–Kier alpha value is -1.47. The molecule has 1 aromatic heterocycles. The molecule has 1 rings (SSSR count). The second-order valence-corrected chi connectivity index (χ2v) is 5.09. The highest BCUT2D eigenvalue weighted by Crippen LogP contribution is 2.26. The first-order valence-electron chi connectivity index (χ1n) is 6.87. The summed E-state index contributed by atoms with van der Waals surface area (Å²) in [5, 5.41) is 18.9. The number of nitrogens with zero attached hydrogens (tertiary/aromatic N) is 3. The number of rotatable bonds is 8. The number of aryl methyl sites for hydroxylation is 1. The lowest BCUT2D eigenvalue weighted by molar-refractivity contribution is -0.386. The van der Waals surface area contributed by atoms with Crippen LogP contribution in [0.15, 0.2) is 0 Å². The van der Waals surface area contributed by atoms with Crippen LogP contribution in [-0.2, 0) is 11.2 Å². The Bertz CT molecular complexity index is 451. The van der Waals surface area contributed by atoms with E-state index in [9.17, 15) is 10.1 Å². The van der Waals surface area contributed by atoms with E-state index in [4.69, 9.17) is 4.74 Å². The van der Waals surface area contributed by atoms with Gasteiger partial charge in [0.25, 0.3) is 0 Å². The van der Waals surface area contributed by atoms with Crippen molar-refractivity contribution < 1.29 is 9.66 Å². The third-order valence-corrected chi connectivity index (χ3v) is 3.12. The average Bonchev–Trinajstić information content (AvgIpc) is 2.67. The molecule has 1 atom stereocenters. The van der Waals surface area contributed by atoms with Crippen molar-refractivity contribution in [2.24, 2.45) is 0 Å². The van der Waals surface area contributed by atoms with Gasteiger partial charge in [-0.05, 0) is 27.3 Å². The summed E-state index contributed by atoms with van der Waals surface area (Å²) < 4.78 is 6.92. The molecule has 0 aliphatic carbocycles. The van der Waals surface area contributed by atoms with Gasteiger partial charge in [-0.2, -0.15) is 5.10 Å². The van der Waals surface area contributed by atoms with Gasteiger partial charge in [0.15, 0.2) is 0 Å². The summed E-state index contributed by atoms with van der Waals surface area (Å²) in [4.78, 5) is 10.9. The van der Waals surface area contributed by atoms with Crippen LogP contribution in [-0.4, -0.2) is 41.0 Å². The molecule has 0 aliphatic heterocycles. The lowest BCUT2D eigenvalue weighted by atomic mass is 10.1. The van der Waals surface area contributed by atoms with Gasteiger partial charge in [0, 0.05) is 25.6 Å². The second kappa shape index (κ2) is 7.35. The summed E-state index contributed by atoms with van der Waals surface area (Å²) in [6.45, 7) is 8.92. The van der Waals surface area contributed by atoms with Crippen LogP contribution in [0.2, 0.25) is 0 Å². The van der Waals surface area contributed by atoms with E-state index in [-0.39, 0.29) is 22.7 Å². The molecule has 0 saturated heterocycles. The standard InChI is InChI=1S/C13H24N4O3/c1-6-14-11(8-20-5)7-12-13(17(18)19)10(4)15-16(12)9(2)3/h9,11,14H,6-8H2,1-5H3. The average molecular weight is 284 g/mol. The topological polar surface area (TPSA) is 82.2 Å². The number of likely N-dealkylation sites (N-methyl/N-ethyl adjacent to an activating group) is 1. The van der Waals surface area contributed by atoms with Crippen LogP contribution in [0.5, 0.6) is 0 Å². The predicted octanol–water partition coefficient (Wildman–Crippen LogP) is 1.85. The van der Waals surface area contributed by atoms with Gasteiger partial charge in [-0.3, -0.25) is 14.8 Å². The second-order valence-electron chi connectivity index (χ2n) is 5.09. The molecule has 0 spiro atoms. The number of aromatic nitrogens is 2. The van der Waals surface area contributed by atoms with Gasteiger partial charge >= 0.3 is 5.69 Å². The fraction of sp³-hybridized carbons (Fsp3) is 0.769. The smallest absolute Gasteiger partial charge is 0.313 e. The molecule has 0 fully saturated rings. The van der Waals surface area contributed by atoms with Gasteiger partial charge in [-0.15, -0.1) is 0 Å².